The fourth-order valence-corrected chi connectivity index (χ4v) is 2.79. The van der Waals surface area contributed by atoms with E-state index in [9.17, 15) is 0 Å². The molecule has 0 saturated heterocycles. The maximum absolute atomic E-state index is 6.50. The molecule has 3 aromatic carbocycles. The van der Waals surface area contributed by atoms with Crippen molar-refractivity contribution in [2.75, 3.05) is 7.11 Å². The van der Waals surface area contributed by atoms with Crippen LogP contribution in [-0.4, -0.2) is 7.11 Å². The van der Waals surface area contributed by atoms with E-state index in [0.29, 0.717) is 0 Å². The number of rotatable bonds is 3. The zero-order valence-corrected chi connectivity index (χ0v) is 12.3. The molecule has 0 saturated carbocycles. The molecule has 0 aliphatic carbocycles. The third-order valence-corrected chi connectivity index (χ3v) is 3.87. The van der Waals surface area contributed by atoms with Crippen LogP contribution in [0.2, 0.25) is 0 Å². The largest absolute Gasteiger partial charge is 0.496 e. The molecule has 0 bridgehead atoms. The van der Waals surface area contributed by atoms with Gasteiger partial charge in [-0.15, -0.1) is 0 Å². The van der Waals surface area contributed by atoms with Crippen LogP contribution in [0.1, 0.15) is 22.7 Å². The molecule has 2 nitrogen and oxygen atoms in total. The van der Waals surface area contributed by atoms with Gasteiger partial charge in [0.1, 0.15) is 5.75 Å². The summed E-state index contributed by atoms with van der Waals surface area (Å²) >= 11 is 0. The van der Waals surface area contributed by atoms with Crippen LogP contribution in [0.25, 0.3) is 10.8 Å². The number of aryl methyl sites for hydroxylation is 1. The molecule has 0 heterocycles. The lowest BCUT2D eigenvalue weighted by Crippen LogP contribution is -2.12. The summed E-state index contributed by atoms with van der Waals surface area (Å²) < 4.78 is 5.45. The average Bonchev–Trinajstić information content (AvgIpc) is 2.53. The number of hydrogen-bond donors (Lipinski definition) is 1. The third kappa shape index (κ3) is 2.50. The Kier molecular flexibility index (Phi) is 3.63. The lowest BCUT2D eigenvalue weighted by molar-refractivity contribution is 0.419. The van der Waals surface area contributed by atoms with Crippen molar-refractivity contribution in [3.8, 4) is 5.75 Å². The van der Waals surface area contributed by atoms with E-state index in [2.05, 4.69) is 49.4 Å². The van der Waals surface area contributed by atoms with Crippen molar-refractivity contribution < 1.29 is 4.74 Å². The lowest BCUT2D eigenvalue weighted by atomic mass is 9.93. The van der Waals surface area contributed by atoms with E-state index in [-0.39, 0.29) is 6.04 Å². The summed E-state index contributed by atoms with van der Waals surface area (Å²) in [4.78, 5) is 0. The Morgan fingerprint density at radius 2 is 1.67 bits per heavy atom. The van der Waals surface area contributed by atoms with E-state index >= 15 is 0 Å². The van der Waals surface area contributed by atoms with Gasteiger partial charge in [-0.2, -0.15) is 0 Å². The van der Waals surface area contributed by atoms with Gasteiger partial charge in [-0.1, -0.05) is 60.2 Å². The van der Waals surface area contributed by atoms with E-state index in [1.807, 2.05) is 18.2 Å². The van der Waals surface area contributed by atoms with Crippen molar-refractivity contribution >= 4 is 10.8 Å². The molecule has 0 aliphatic heterocycles. The van der Waals surface area contributed by atoms with Crippen molar-refractivity contribution in [3.63, 3.8) is 0 Å². The maximum atomic E-state index is 6.50. The topological polar surface area (TPSA) is 35.2 Å². The first kappa shape index (κ1) is 13.7. The first-order valence-electron chi connectivity index (χ1n) is 7.08. The van der Waals surface area contributed by atoms with Crippen LogP contribution >= 0.6 is 0 Å². The van der Waals surface area contributed by atoms with Gasteiger partial charge in [0.15, 0.2) is 0 Å². The molecule has 21 heavy (non-hydrogen) atoms. The lowest BCUT2D eigenvalue weighted by Gasteiger charge is -2.17. The third-order valence-electron chi connectivity index (χ3n) is 3.87. The molecule has 3 rings (SSSR count). The first-order valence-corrected chi connectivity index (χ1v) is 7.08. The smallest absolute Gasteiger partial charge is 0.126 e. The summed E-state index contributed by atoms with van der Waals surface area (Å²) in [6, 6.07) is 20.5. The maximum Gasteiger partial charge on any atom is 0.126 e. The van der Waals surface area contributed by atoms with Crippen LogP contribution in [-0.2, 0) is 0 Å². The normalized spacial score (nSPS) is 12.3. The van der Waals surface area contributed by atoms with Gasteiger partial charge in [0.25, 0.3) is 0 Å². The Bertz CT molecular complexity index is 779. The van der Waals surface area contributed by atoms with Crippen molar-refractivity contribution in [2.45, 2.75) is 13.0 Å². The fraction of sp³-hybridized carbons (Fsp3) is 0.158. The molecule has 1 unspecified atom stereocenters. The minimum absolute atomic E-state index is 0.138. The Hall–Kier alpha value is -2.32. The number of fused-ring (bicyclic) bond motifs is 1. The van der Waals surface area contributed by atoms with Crippen LogP contribution in [0.15, 0.2) is 60.7 Å². The van der Waals surface area contributed by atoms with E-state index in [1.54, 1.807) is 7.11 Å². The zero-order chi connectivity index (χ0) is 14.8. The zero-order valence-electron chi connectivity index (χ0n) is 12.3. The van der Waals surface area contributed by atoms with E-state index < -0.39 is 0 Å². The second-order valence-corrected chi connectivity index (χ2v) is 5.29. The van der Waals surface area contributed by atoms with E-state index in [4.69, 9.17) is 10.5 Å². The Morgan fingerprint density at radius 1 is 0.905 bits per heavy atom. The summed E-state index contributed by atoms with van der Waals surface area (Å²) in [7, 11) is 1.70. The van der Waals surface area contributed by atoms with Gasteiger partial charge in [0.2, 0.25) is 0 Å². The van der Waals surface area contributed by atoms with Crippen molar-refractivity contribution in [2.24, 2.45) is 5.73 Å². The number of benzene rings is 3. The van der Waals surface area contributed by atoms with Gasteiger partial charge in [-0.05, 0) is 29.5 Å². The van der Waals surface area contributed by atoms with Gasteiger partial charge in [-0.25, -0.2) is 0 Å². The highest BCUT2D eigenvalue weighted by atomic mass is 16.5. The van der Waals surface area contributed by atoms with Crippen molar-refractivity contribution in [1.82, 2.24) is 0 Å². The number of methoxy groups -OCH3 is 1. The minimum atomic E-state index is -0.138. The molecule has 0 fully saturated rings. The number of nitrogens with two attached hydrogens (primary N) is 1. The highest BCUT2D eigenvalue weighted by Crippen LogP contribution is 2.33. The van der Waals surface area contributed by atoms with Crippen LogP contribution in [0.4, 0.5) is 0 Å². The van der Waals surface area contributed by atoms with Crippen LogP contribution in [0, 0.1) is 6.92 Å². The van der Waals surface area contributed by atoms with Crippen molar-refractivity contribution in [1.29, 1.82) is 0 Å². The summed E-state index contributed by atoms with van der Waals surface area (Å²) in [6.07, 6.45) is 0. The predicted molar refractivity (Wildman–Crippen MR) is 87.7 cm³/mol. The molecule has 2 heteroatoms. The summed E-state index contributed by atoms with van der Waals surface area (Å²) in [5, 5.41) is 2.24. The molecule has 0 aliphatic rings. The standard InChI is InChI=1S/C19H19NO/c1-13-6-5-7-14(12-13)19(20)17-10-11-18(21-2)16-9-4-3-8-15(16)17/h3-12,19H,20H2,1-2H3. The fourth-order valence-electron chi connectivity index (χ4n) is 2.79. The Labute approximate surface area is 125 Å². The summed E-state index contributed by atoms with van der Waals surface area (Å²) in [5.74, 6) is 0.880. The minimum Gasteiger partial charge on any atom is -0.496 e. The first-order chi connectivity index (χ1) is 10.2. The molecule has 0 spiro atoms. The molecular weight excluding hydrogens is 258 g/mol. The van der Waals surface area contributed by atoms with Gasteiger partial charge in [0.05, 0.1) is 13.2 Å². The Morgan fingerprint density at radius 3 is 2.38 bits per heavy atom. The molecular formula is C19H19NO. The van der Waals surface area contributed by atoms with Gasteiger partial charge < -0.3 is 10.5 Å². The monoisotopic (exact) mass is 277 g/mol. The summed E-state index contributed by atoms with van der Waals surface area (Å²) in [5.41, 5.74) is 9.98. The number of ether oxygens (including phenoxy) is 1. The second kappa shape index (κ2) is 5.58. The SMILES string of the molecule is COc1ccc(C(N)c2cccc(C)c2)c2ccccc12. The quantitative estimate of drug-likeness (QED) is 0.778. The predicted octanol–water partition coefficient (Wildman–Crippen LogP) is 4.20. The Balaban J connectivity index is 2.17. The molecule has 0 aromatic heterocycles. The average molecular weight is 277 g/mol. The van der Waals surface area contributed by atoms with Crippen LogP contribution in [0.5, 0.6) is 5.75 Å². The molecule has 106 valence electrons. The highest BCUT2D eigenvalue weighted by molar-refractivity contribution is 5.91. The second-order valence-electron chi connectivity index (χ2n) is 5.29. The molecule has 3 aromatic rings. The molecule has 2 N–H and O–H groups in total. The summed E-state index contributed by atoms with van der Waals surface area (Å²) in [6.45, 7) is 2.09. The van der Waals surface area contributed by atoms with Crippen LogP contribution in [0.3, 0.4) is 0 Å². The van der Waals surface area contributed by atoms with E-state index in [1.165, 1.54) is 5.56 Å². The van der Waals surface area contributed by atoms with Gasteiger partial charge in [-0.3, -0.25) is 0 Å². The molecule has 1 atom stereocenters. The van der Waals surface area contributed by atoms with Crippen molar-refractivity contribution in [3.05, 3.63) is 77.4 Å². The number of hydrogen-bond acceptors (Lipinski definition) is 2. The van der Waals surface area contributed by atoms with E-state index in [0.717, 1.165) is 27.6 Å². The highest BCUT2D eigenvalue weighted by Gasteiger charge is 2.14. The van der Waals surface area contributed by atoms with Gasteiger partial charge in [0, 0.05) is 5.39 Å². The van der Waals surface area contributed by atoms with Gasteiger partial charge >= 0.3 is 0 Å². The molecule has 0 amide bonds. The molecule has 0 radical (unpaired) electrons. The van der Waals surface area contributed by atoms with Crippen LogP contribution < -0.4 is 10.5 Å².